The summed E-state index contributed by atoms with van der Waals surface area (Å²) >= 11 is 3.22. The van der Waals surface area contributed by atoms with Gasteiger partial charge in [-0.1, -0.05) is 166 Å². The van der Waals surface area contributed by atoms with Gasteiger partial charge in [-0.25, -0.2) is 9.97 Å². The number of benzene rings is 4. The summed E-state index contributed by atoms with van der Waals surface area (Å²) in [6.07, 6.45) is 7.15. The van der Waals surface area contributed by atoms with Crippen LogP contribution in [0.5, 0.6) is 0 Å². The van der Waals surface area contributed by atoms with Gasteiger partial charge in [0.05, 0.1) is 32.2 Å². The largest absolute Gasteiger partial charge is 0.679 e. The number of amidine groups is 2. The smallest absolute Gasteiger partial charge is 0.0916 e. The first-order valence-electron chi connectivity index (χ1n) is 22.4. The molecule has 0 unspecified atom stereocenters. The molecule has 0 aliphatic rings. The molecule has 412 valence electrons. The van der Waals surface area contributed by atoms with Crippen molar-refractivity contribution in [3.8, 4) is 0 Å². The summed E-state index contributed by atoms with van der Waals surface area (Å²) in [6, 6.07) is 33.3. The van der Waals surface area contributed by atoms with Gasteiger partial charge in [-0.3, -0.25) is 0 Å². The number of para-hydroxylation sites is 4. The molecule has 72 heavy (non-hydrogen) atoms. The molecule has 22 heteroatoms. The average molecular weight is 1400 g/mol. The van der Waals surface area contributed by atoms with Crippen molar-refractivity contribution in [3.63, 3.8) is 0 Å². The molecule has 0 atom stereocenters. The van der Waals surface area contributed by atoms with Gasteiger partial charge in [-0.15, -0.1) is 0 Å². The van der Waals surface area contributed by atoms with Gasteiger partial charge in [0, 0.05) is 21.5 Å². The normalized spacial score (nSPS) is 9.08. The van der Waals surface area contributed by atoms with E-state index in [0.717, 1.165) is 67.3 Å². The Morgan fingerprint density at radius 2 is 0.722 bits per heavy atom. The van der Waals surface area contributed by atoms with E-state index in [-0.39, 0.29) is 20.5 Å². The molecule has 0 saturated heterocycles. The monoisotopic (exact) mass is 1400 g/mol. The van der Waals surface area contributed by atoms with Crippen LogP contribution in [0.25, 0.3) is 77.4 Å². The zero-order chi connectivity index (χ0) is 55.2. The summed E-state index contributed by atoms with van der Waals surface area (Å²) in [6.45, 7) is 14.9. The second-order valence-corrected chi connectivity index (χ2v) is 14.6. The van der Waals surface area contributed by atoms with Crippen LogP contribution >= 0.6 is 18.8 Å². The molecular weight excluding hydrogens is 1330 g/mol. The van der Waals surface area contributed by atoms with Crippen LogP contribution in [0, 0.1) is 30.6 Å². The number of hydrogen-bond donors (Lipinski definition) is 0. The summed E-state index contributed by atoms with van der Waals surface area (Å²) in [5.41, 5.74) is 32.4. The second-order valence-electron chi connectivity index (χ2n) is 14.6. The molecule has 6 aromatic rings. The zero-order valence-electron chi connectivity index (χ0n) is 41.8. The van der Waals surface area contributed by atoms with E-state index in [4.69, 9.17) is 63.5 Å². The number of fused-ring (bicyclic) bond motifs is 4. The molecule has 0 aliphatic carbocycles. The van der Waals surface area contributed by atoms with Crippen LogP contribution < -0.4 is 0 Å². The summed E-state index contributed by atoms with van der Waals surface area (Å²) < 4.78 is 0. The van der Waals surface area contributed by atoms with Gasteiger partial charge in [-0.05, 0) is 74.9 Å². The third kappa shape index (κ3) is 36.3. The maximum atomic E-state index is 9.49. The number of hydrogen-bond acceptors (Lipinski definition) is 8. The van der Waals surface area contributed by atoms with E-state index in [1.807, 2.05) is 48.2 Å². The zero-order valence-corrected chi connectivity index (χ0v) is 47.9. The predicted molar refractivity (Wildman–Crippen MR) is 301 cm³/mol. The van der Waals surface area contributed by atoms with Gasteiger partial charge in [-0.2, -0.15) is 26.2 Å². The summed E-state index contributed by atoms with van der Waals surface area (Å²) in [5.74, 6) is 0.730. The Labute approximate surface area is 458 Å². The number of rotatable bonds is 11. The van der Waals surface area contributed by atoms with Crippen molar-refractivity contribution in [1.29, 1.82) is 0 Å². The molecule has 0 saturated carbocycles. The first kappa shape index (κ1) is 76.3. The molecule has 2 aromatic heterocycles. The molecule has 6 rings (SSSR count). The van der Waals surface area contributed by atoms with Crippen LogP contribution in [0.3, 0.4) is 0 Å². The van der Waals surface area contributed by atoms with Crippen molar-refractivity contribution >= 4 is 74.1 Å². The number of aromatic nitrogens is 2. The van der Waals surface area contributed by atoms with E-state index in [1.165, 1.54) is 45.5 Å². The molecule has 18 nitrogen and oxygen atoms in total. The average Bonchev–Trinajstić information content (AvgIpc) is 3.35. The summed E-state index contributed by atoms with van der Waals surface area (Å²) in [5, 5.41) is 53.4. The van der Waals surface area contributed by atoms with Crippen molar-refractivity contribution in [1.82, 2.24) is 19.8 Å². The third-order valence-electron chi connectivity index (χ3n) is 8.82. The van der Waals surface area contributed by atoms with Gasteiger partial charge in [0.15, 0.2) is 0 Å². The minimum Gasteiger partial charge on any atom is -0.679 e. The maximum absolute atomic E-state index is 9.49. The van der Waals surface area contributed by atoms with Gasteiger partial charge in [0.2, 0.25) is 0 Å². The van der Waals surface area contributed by atoms with E-state index >= 15 is 0 Å². The standard InChI is InChI=1S/2C19H20N3.C3H8N2.2C3H8.C2H6N2.CH4.2ClH.2NO3.2Pt/c2*1-14(20)22(2)13-7-10-15-16-8-3-5-11-18(16)21-19-12-6-4-9-17(15)19;4-2-1-3-5;2*1-3-2;3-1-2-4;;;;2*2-1(3)4;;/h2*3-6,8-9,11-12H,7,10,13H2,1-2H3;4-5H,1-3H2;2*3H2,1-2H3;3-4H,1-2H2;1H4;2*1H;;;;/q2*-1;-2;;;-2;;;;2*-1;2*+1/p-2. The van der Waals surface area contributed by atoms with E-state index in [9.17, 15) is 10.8 Å². The number of nitrogens with one attached hydrogen (secondary N) is 4. The first-order chi connectivity index (χ1) is 34.0. The number of nitrogens with zero attached hydrogens (tertiary/aromatic N) is 8. The molecule has 0 amide bonds. The fourth-order valence-corrected chi connectivity index (χ4v) is 5.79. The van der Waals surface area contributed by atoms with Crippen LogP contribution in [0.4, 0.5) is 0 Å². The van der Waals surface area contributed by atoms with E-state index in [2.05, 4.69) is 119 Å². The molecular formula is C50H74Cl2N12O6Pt2-8. The van der Waals surface area contributed by atoms with Gasteiger partial charge in [0.25, 0.3) is 0 Å². The van der Waals surface area contributed by atoms with Crippen LogP contribution in [0.2, 0.25) is 0 Å². The van der Waals surface area contributed by atoms with Crippen LogP contribution in [-0.4, -0.2) is 95.0 Å². The molecule has 0 bridgehead atoms. The summed E-state index contributed by atoms with van der Waals surface area (Å²) in [4.78, 5) is 29.8. The number of aryl methyl sites for hydroxylation is 2. The molecule has 0 spiro atoms. The van der Waals surface area contributed by atoms with Crippen molar-refractivity contribution in [2.45, 2.75) is 93.9 Å². The Morgan fingerprint density at radius 3 is 0.889 bits per heavy atom. The van der Waals surface area contributed by atoms with Crippen LogP contribution in [0.1, 0.15) is 92.2 Å². The van der Waals surface area contributed by atoms with E-state index in [1.54, 1.807) is 51.4 Å². The van der Waals surface area contributed by atoms with Crippen molar-refractivity contribution in [2.75, 3.05) is 53.4 Å². The number of halogens is 2. The van der Waals surface area contributed by atoms with Gasteiger partial charge in [0.1, 0.15) is 0 Å². The Morgan fingerprint density at radius 1 is 0.514 bits per heavy atom. The quantitative estimate of drug-likeness (QED) is 0.0388. The number of pyridine rings is 2. The topological polar surface area (TPSA) is 304 Å². The molecule has 0 radical (unpaired) electrons. The Hall–Kier alpha value is -4.64. The fourth-order valence-electron chi connectivity index (χ4n) is 5.79. The second kappa shape index (κ2) is 51.3. The van der Waals surface area contributed by atoms with E-state index < -0.39 is 10.2 Å². The Balaban J connectivity index is -0.000000277. The predicted octanol–water partition coefficient (Wildman–Crippen LogP) is 15.4. The van der Waals surface area contributed by atoms with Crippen molar-refractivity contribution in [3.05, 3.63) is 173 Å². The molecule has 0 aliphatic heterocycles. The SMILES string of the molecule is C.CC(=[N-])N(C)CCCc1c2ccccc2nc2ccccc12.CC(=[N-])N(C)CCCc1c2ccccc2nc2ccccc12.CCC.CCC.O=[N+]([O-])[O-].O=[N+]([O-])[O-].[Cl][Pt].[Cl][Pt].[NH-]CCC[NH-].[NH-]CC[NH-]. The van der Waals surface area contributed by atoms with E-state index in [0.29, 0.717) is 24.8 Å². The molecule has 4 N–H and O–H groups in total. The van der Waals surface area contributed by atoms with Gasteiger partial charge < -0.3 is 74.2 Å². The van der Waals surface area contributed by atoms with Gasteiger partial charge >= 0.3 is 56.4 Å². The summed E-state index contributed by atoms with van der Waals surface area (Å²) in [7, 11) is 13.1. The van der Waals surface area contributed by atoms with Crippen molar-refractivity contribution < 1.29 is 47.7 Å². The third-order valence-corrected chi connectivity index (χ3v) is 8.82. The maximum Gasteiger partial charge on any atom is -0.0916 e. The molecule has 4 aromatic carbocycles. The molecule has 0 fully saturated rings. The van der Waals surface area contributed by atoms with Crippen LogP contribution in [-0.2, 0) is 50.4 Å². The van der Waals surface area contributed by atoms with Crippen molar-refractivity contribution in [2.24, 2.45) is 0 Å². The minimum absolute atomic E-state index is 0. The first-order valence-corrected chi connectivity index (χ1v) is 28.0. The molecule has 2 heterocycles. The fraction of sp³-hybridized carbons (Fsp3) is 0.440. The minimum atomic E-state index is -1.75. The Kier molecular flexibility index (Phi) is 54.3. The Bertz CT molecular complexity index is 2050. The van der Waals surface area contributed by atoms with Crippen LogP contribution in [0.15, 0.2) is 97.1 Å².